The number of hydrogen-bond acceptors (Lipinski definition) is 3. The molecule has 5 aromatic rings. The molecule has 0 radical (unpaired) electrons. The van der Waals surface area contributed by atoms with Crippen LogP contribution in [0.15, 0.2) is 83.7 Å². The van der Waals surface area contributed by atoms with Gasteiger partial charge in [-0.2, -0.15) is 0 Å². The standard InChI is InChI=1S/C29H26N4O2/c1-19-10-12-20(13-11-19)26-18-23(22-6-2-3-7-24(22)30-26)28(34)32-16-14-21(15-17-32)33-27-9-5-4-8-25(27)31-29(33)35/h2-13,18,21H,14-17H2,1H3,(H,31,35). The summed E-state index contributed by atoms with van der Waals surface area (Å²) in [7, 11) is 0. The molecular weight excluding hydrogens is 436 g/mol. The number of H-pyrrole nitrogens is 1. The highest BCUT2D eigenvalue weighted by molar-refractivity contribution is 6.07. The summed E-state index contributed by atoms with van der Waals surface area (Å²) < 4.78 is 1.86. The van der Waals surface area contributed by atoms with Crippen LogP contribution in [-0.4, -0.2) is 38.4 Å². The number of benzene rings is 3. The Labute approximate surface area is 202 Å². The average Bonchev–Trinajstić information content (AvgIpc) is 3.24. The molecule has 1 amide bonds. The summed E-state index contributed by atoms with van der Waals surface area (Å²) in [4.78, 5) is 36.1. The highest BCUT2D eigenvalue weighted by Crippen LogP contribution is 2.29. The van der Waals surface area contributed by atoms with E-state index in [4.69, 9.17) is 4.98 Å². The number of aromatic nitrogens is 3. The van der Waals surface area contributed by atoms with Crippen LogP contribution in [0.2, 0.25) is 0 Å². The predicted octanol–water partition coefficient (Wildman–Crippen LogP) is 5.33. The molecule has 174 valence electrons. The van der Waals surface area contributed by atoms with E-state index in [1.54, 1.807) is 0 Å². The number of amides is 1. The van der Waals surface area contributed by atoms with Gasteiger partial charge in [-0.05, 0) is 44.0 Å². The Hall–Kier alpha value is -4.19. The first-order valence-corrected chi connectivity index (χ1v) is 12.0. The van der Waals surface area contributed by atoms with Crippen LogP contribution in [0.1, 0.15) is 34.8 Å². The normalized spacial score (nSPS) is 14.6. The molecule has 3 aromatic carbocycles. The molecule has 2 aromatic heterocycles. The Balaban J connectivity index is 1.30. The number of carbonyl (C=O) groups excluding carboxylic acids is 1. The number of hydrogen-bond donors (Lipinski definition) is 1. The number of aromatic amines is 1. The molecular formula is C29H26N4O2. The molecule has 1 saturated heterocycles. The van der Waals surface area contributed by atoms with Crippen LogP contribution in [0.3, 0.4) is 0 Å². The minimum atomic E-state index is -0.0844. The minimum Gasteiger partial charge on any atom is -0.338 e. The molecule has 6 rings (SSSR count). The van der Waals surface area contributed by atoms with E-state index < -0.39 is 0 Å². The topological polar surface area (TPSA) is 71.0 Å². The largest absolute Gasteiger partial charge is 0.338 e. The third-order valence-corrected chi connectivity index (χ3v) is 7.03. The van der Waals surface area contributed by atoms with Crippen molar-refractivity contribution in [2.45, 2.75) is 25.8 Å². The van der Waals surface area contributed by atoms with Crippen molar-refractivity contribution in [2.24, 2.45) is 0 Å². The predicted molar refractivity (Wildman–Crippen MR) is 139 cm³/mol. The van der Waals surface area contributed by atoms with Gasteiger partial charge in [0.2, 0.25) is 0 Å². The Bertz CT molecular complexity index is 1610. The van der Waals surface area contributed by atoms with Gasteiger partial charge in [-0.25, -0.2) is 9.78 Å². The number of carbonyl (C=O) groups is 1. The van der Waals surface area contributed by atoms with Gasteiger partial charge in [-0.3, -0.25) is 9.36 Å². The quantitative estimate of drug-likeness (QED) is 0.394. The number of nitrogens with zero attached hydrogens (tertiary/aromatic N) is 3. The van der Waals surface area contributed by atoms with E-state index >= 15 is 0 Å². The molecule has 0 unspecified atom stereocenters. The van der Waals surface area contributed by atoms with E-state index in [1.807, 2.05) is 76.2 Å². The van der Waals surface area contributed by atoms with Gasteiger partial charge in [-0.1, -0.05) is 60.2 Å². The van der Waals surface area contributed by atoms with Gasteiger partial charge in [0.15, 0.2) is 0 Å². The van der Waals surface area contributed by atoms with E-state index in [2.05, 4.69) is 24.0 Å². The van der Waals surface area contributed by atoms with Crippen molar-refractivity contribution in [3.8, 4) is 11.3 Å². The molecule has 6 nitrogen and oxygen atoms in total. The number of rotatable bonds is 3. The van der Waals surface area contributed by atoms with Crippen LogP contribution in [-0.2, 0) is 0 Å². The number of nitrogens with one attached hydrogen (secondary N) is 1. The van der Waals surface area contributed by atoms with E-state index in [0.29, 0.717) is 18.7 Å². The fourth-order valence-corrected chi connectivity index (χ4v) is 5.16. The maximum absolute atomic E-state index is 13.7. The molecule has 35 heavy (non-hydrogen) atoms. The fourth-order valence-electron chi connectivity index (χ4n) is 5.16. The fraction of sp³-hybridized carbons (Fsp3) is 0.207. The zero-order chi connectivity index (χ0) is 23.9. The number of piperidine rings is 1. The highest BCUT2D eigenvalue weighted by atomic mass is 16.2. The Kier molecular flexibility index (Phi) is 5.21. The van der Waals surface area contributed by atoms with E-state index in [0.717, 1.165) is 46.0 Å². The maximum Gasteiger partial charge on any atom is 0.326 e. The van der Waals surface area contributed by atoms with Crippen LogP contribution >= 0.6 is 0 Å². The summed E-state index contributed by atoms with van der Waals surface area (Å²) in [5.41, 5.74) is 6.15. The lowest BCUT2D eigenvalue weighted by molar-refractivity contribution is 0.0697. The first-order valence-electron chi connectivity index (χ1n) is 12.0. The van der Waals surface area contributed by atoms with Crippen molar-refractivity contribution in [3.63, 3.8) is 0 Å². The molecule has 0 bridgehead atoms. The van der Waals surface area contributed by atoms with Gasteiger partial charge in [0.25, 0.3) is 5.91 Å². The molecule has 1 aliphatic heterocycles. The first kappa shape index (κ1) is 21.4. The summed E-state index contributed by atoms with van der Waals surface area (Å²) >= 11 is 0. The van der Waals surface area contributed by atoms with Crippen molar-refractivity contribution < 1.29 is 4.79 Å². The molecule has 0 aliphatic carbocycles. The van der Waals surface area contributed by atoms with Crippen molar-refractivity contribution in [2.75, 3.05) is 13.1 Å². The number of likely N-dealkylation sites (tertiary alicyclic amines) is 1. The summed E-state index contributed by atoms with van der Waals surface area (Å²) in [6, 6.07) is 25.8. The molecule has 1 fully saturated rings. The lowest BCUT2D eigenvalue weighted by Gasteiger charge is -2.33. The van der Waals surface area contributed by atoms with Crippen LogP contribution in [0.5, 0.6) is 0 Å². The number of fused-ring (bicyclic) bond motifs is 2. The van der Waals surface area contributed by atoms with Crippen molar-refractivity contribution in [1.82, 2.24) is 19.4 Å². The van der Waals surface area contributed by atoms with Crippen molar-refractivity contribution in [1.29, 1.82) is 0 Å². The van der Waals surface area contributed by atoms with E-state index in [9.17, 15) is 9.59 Å². The summed E-state index contributed by atoms with van der Waals surface area (Å²) in [6.45, 7) is 3.26. The van der Waals surface area contributed by atoms with Crippen LogP contribution in [0, 0.1) is 6.92 Å². The lowest BCUT2D eigenvalue weighted by atomic mass is 10.00. The van der Waals surface area contributed by atoms with E-state index in [-0.39, 0.29) is 17.6 Å². The zero-order valence-corrected chi connectivity index (χ0v) is 19.6. The van der Waals surface area contributed by atoms with Crippen molar-refractivity contribution in [3.05, 3.63) is 100 Å². The second-order valence-electron chi connectivity index (χ2n) is 9.28. The van der Waals surface area contributed by atoms with E-state index in [1.165, 1.54) is 5.56 Å². The van der Waals surface area contributed by atoms with Crippen LogP contribution in [0.25, 0.3) is 33.2 Å². The molecule has 0 atom stereocenters. The average molecular weight is 463 g/mol. The highest BCUT2D eigenvalue weighted by Gasteiger charge is 2.28. The molecule has 1 N–H and O–H groups in total. The summed E-state index contributed by atoms with van der Waals surface area (Å²) in [6.07, 6.45) is 1.47. The number of aryl methyl sites for hydroxylation is 1. The maximum atomic E-state index is 13.7. The van der Waals surface area contributed by atoms with Gasteiger partial charge < -0.3 is 9.88 Å². The number of imidazole rings is 1. The third kappa shape index (κ3) is 3.81. The Morgan fingerprint density at radius 2 is 1.66 bits per heavy atom. The van der Waals surface area contributed by atoms with Gasteiger partial charge >= 0.3 is 5.69 Å². The Morgan fingerprint density at radius 3 is 2.46 bits per heavy atom. The Morgan fingerprint density at radius 1 is 0.943 bits per heavy atom. The molecule has 6 heteroatoms. The van der Waals surface area contributed by atoms with Crippen LogP contribution in [0.4, 0.5) is 0 Å². The smallest absolute Gasteiger partial charge is 0.326 e. The first-order chi connectivity index (χ1) is 17.1. The molecule has 0 saturated carbocycles. The van der Waals surface area contributed by atoms with Gasteiger partial charge in [0, 0.05) is 30.1 Å². The van der Waals surface area contributed by atoms with Gasteiger partial charge in [0.1, 0.15) is 0 Å². The monoisotopic (exact) mass is 462 g/mol. The number of para-hydroxylation sites is 3. The minimum absolute atomic E-state index is 0.0154. The van der Waals surface area contributed by atoms with Gasteiger partial charge in [-0.15, -0.1) is 0 Å². The van der Waals surface area contributed by atoms with Gasteiger partial charge in [0.05, 0.1) is 27.8 Å². The molecule has 0 spiro atoms. The second kappa shape index (κ2) is 8.55. The second-order valence-corrected chi connectivity index (χ2v) is 9.28. The SMILES string of the molecule is Cc1ccc(-c2cc(C(=O)N3CCC(n4c(=O)[nH]c5ccccc54)CC3)c3ccccc3n2)cc1. The van der Waals surface area contributed by atoms with Crippen molar-refractivity contribution >= 4 is 27.8 Å². The molecule has 1 aliphatic rings. The number of pyridine rings is 1. The zero-order valence-electron chi connectivity index (χ0n) is 19.6. The summed E-state index contributed by atoms with van der Waals surface area (Å²) in [5.74, 6) is 0.0154. The third-order valence-electron chi connectivity index (χ3n) is 7.03. The summed E-state index contributed by atoms with van der Waals surface area (Å²) in [5, 5.41) is 0.864. The van der Waals surface area contributed by atoms with Crippen LogP contribution < -0.4 is 5.69 Å². The molecule has 3 heterocycles. The lowest BCUT2D eigenvalue weighted by Crippen LogP contribution is -2.40.